The first-order valence-corrected chi connectivity index (χ1v) is 9.17. The maximum Gasteiger partial charge on any atom is 0.349 e. The Morgan fingerprint density at radius 1 is 1.33 bits per heavy atom. The molecule has 0 aliphatic carbocycles. The first-order chi connectivity index (χ1) is 14.3. The summed E-state index contributed by atoms with van der Waals surface area (Å²) in [7, 11) is 0. The molecule has 1 aliphatic rings. The Hall–Kier alpha value is -3.58. The van der Waals surface area contributed by atoms with Gasteiger partial charge in [0.1, 0.15) is 23.8 Å². The lowest BCUT2D eigenvalue weighted by atomic mass is 10.2. The number of aliphatic hydroxyl groups excluding tert-OH is 1. The molecule has 3 aromatic rings. The third-order valence-corrected chi connectivity index (χ3v) is 4.84. The van der Waals surface area contributed by atoms with Gasteiger partial charge in [0.15, 0.2) is 0 Å². The van der Waals surface area contributed by atoms with E-state index in [2.05, 4.69) is 20.3 Å². The zero-order valence-corrected chi connectivity index (χ0v) is 16.0. The van der Waals surface area contributed by atoms with E-state index in [0.717, 1.165) is 0 Å². The molecule has 0 aromatic carbocycles. The Balaban J connectivity index is 1.45. The van der Waals surface area contributed by atoms with E-state index >= 15 is 0 Å². The van der Waals surface area contributed by atoms with Crippen LogP contribution >= 0.6 is 0 Å². The van der Waals surface area contributed by atoms with Crippen molar-refractivity contribution in [3.8, 4) is 0 Å². The van der Waals surface area contributed by atoms with Crippen LogP contribution in [0.25, 0.3) is 0 Å². The summed E-state index contributed by atoms with van der Waals surface area (Å²) in [4.78, 5) is 41.3. The normalized spacial score (nSPS) is 21.2. The molecule has 13 heteroatoms. The summed E-state index contributed by atoms with van der Waals surface area (Å²) in [5, 5.41) is 18.4. The summed E-state index contributed by atoms with van der Waals surface area (Å²) in [5.41, 5.74) is 4.79. The van der Waals surface area contributed by atoms with E-state index < -0.39 is 35.4 Å². The van der Waals surface area contributed by atoms with E-state index in [1.165, 1.54) is 32.3 Å². The van der Waals surface area contributed by atoms with Crippen molar-refractivity contribution in [2.45, 2.75) is 44.9 Å². The highest BCUT2D eigenvalue weighted by atomic mass is 16.5. The van der Waals surface area contributed by atoms with Crippen molar-refractivity contribution in [3.05, 3.63) is 67.2 Å². The van der Waals surface area contributed by atoms with Gasteiger partial charge in [0.05, 0.1) is 25.4 Å². The molecule has 0 spiro atoms. The van der Waals surface area contributed by atoms with Crippen LogP contribution in [0.1, 0.15) is 23.9 Å². The van der Waals surface area contributed by atoms with E-state index in [1.54, 1.807) is 13.1 Å². The van der Waals surface area contributed by atoms with Crippen LogP contribution in [0.3, 0.4) is 0 Å². The summed E-state index contributed by atoms with van der Waals surface area (Å²) in [6.07, 6.45) is 2.55. The lowest BCUT2D eigenvalue weighted by molar-refractivity contribution is -0.0302. The SMILES string of the molecule is Cc1cn(C2CC(O)C(Cn3cc(Cn4ccc(N)nc4=O)nn3)O2)c(=O)[nH]c1=O. The molecule has 0 amide bonds. The van der Waals surface area contributed by atoms with Gasteiger partial charge in [-0.3, -0.25) is 18.9 Å². The van der Waals surface area contributed by atoms with Crippen molar-refractivity contribution < 1.29 is 9.84 Å². The van der Waals surface area contributed by atoms with E-state index in [4.69, 9.17) is 10.5 Å². The molecule has 1 saturated heterocycles. The fourth-order valence-electron chi connectivity index (χ4n) is 3.27. The highest BCUT2D eigenvalue weighted by Gasteiger charge is 2.36. The summed E-state index contributed by atoms with van der Waals surface area (Å²) >= 11 is 0. The number of aromatic amines is 1. The van der Waals surface area contributed by atoms with Crippen molar-refractivity contribution in [1.82, 2.24) is 34.1 Å². The fourth-order valence-corrected chi connectivity index (χ4v) is 3.27. The minimum atomic E-state index is -0.842. The van der Waals surface area contributed by atoms with Crippen LogP contribution < -0.4 is 22.7 Å². The van der Waals surface area contributed by atoms with Crippen molar-refractivity contribution in [2.24, 2.45) is 0 Å². The Bertz CT molecular complexity index is 1240. The van der Waals surface area contributed by atoms with Gasteiger partial charge < -0.3 is 15.6 Å². The first kappa shape index (κ1) is 19.7. The second kappa shape index (κ2) is 7.68. The Labute approximate surface area is 168 Å². The topological polar surface area (TPSA) is 176 Å². The van der Waals surface area contributed by atoms with Gasteiger partial charge in [0.25, 0.3) is 5.56 Å². The minimum absolute atomic E-state index is 0.138. The molecule has 30 heavy (non-hydrogen) atoms. The lowest BCUT2D eigenvalue weighted by Gasteiger charge is -2.16. The fraction of sp³-hybridized carbons (Fsp3) is 0.412. The molecule has 1 aliphatic heterocycles. The Kier molecular flexibility index (Phi) is 5.05. The number of hydrogen-bond donors (Lipinski definition) is 3. The van der Waals surface area contributed by atoms with Crippen LogP contribution in [0.4, 0.5) is 5.82 Å². The predicted molar refractivity (Wildman–Crippen MR) is 103 cm³/mol. The molecule has 0 bridgehead atoms. The number of nitrogens with two attached hydrogens (primary N) is 1. The van der Waals surface area contributed by atoms with Crippen molar-refractivity contribution in [2.75, 3.05) is 5.73 Å². The maximum atomic E-state index is 12.1. The zero-order valence-electron chi connectivity index (χ0n) is 16.0. The van der Waals surface area contributed by atoms with Gasteiger partial charge >= 0.3 is 11.4 Å². The summed E-state index contributed by atoms with van der Waals surface area (Å²) in [5.74, 6) is 0.138. The highest BCUT2D eigenvalue weighted by molar-refractivity contribution is 5.23. The number of aliphatic hydroxyl groups is 1. The van der Waals surface area contributed by atoms with Gasteiger partial charge in [-0.15, -0.1) is 5.10 Å². The second-order valence-electron chi connectivity index (χ2n) is 7.11. The zero-order chi connectivity index (χ0) is 21.4. The smallest absolute Gasteiger partial charge is 0.349 e. The highest BCUT2D eigenvalue weighted by Crippen LogP contribution is 2.28. The lowest BCUT2D eigenvalue weighted by Crippen LogP contribution is -2.33. The summed E-state index contributed by atoms with van der Waals surface area (Å²) < 4.78 is 9.91. The molecule has 4 heterocycles. The second-order valence-corrected chi connectivity index (χ2v) is 7.11. The van der Waals surface area contributed by atoms with Crippen molar-refractivity contribution >= 4 is 5.82 Å². The van der Waals surface area contributed by atoms with Crippen LogP contribution in [0.15, 0.2) is 39.0 Å². The van der Waals surface area contributed by atoms with E-state index in [-0.39, 0.29) is 25.3 Å². The number of aryl methyl sites for hydroxylation is 1. The largest absolute Gasteiger partial charge is 0.390 e. The number of rotatable bonds is 5. The summed E-state index contributed by atoms with van der Waals surface area (Å²) in [6.45, 7) is 1.93. The minimum Gasteiger partial charge on any atom is -0.390 e. The van der Waals surface area contributed by atoms with Gasteiger partial charge in [-0.25, -0.2) is 14.3 Å². The van der Waals surface area contributed by atoms with Crippen LogP contribution in [-0.4, -0.2) is 51.4 Å². The van der Waals surface area contributed by atoms with Crippen molar-refractivity contribution in [3.63, 3.8) is 0 Å². The molecule has 3 unspecified atom stereocenters. The Morgan fingerprint density at radius 2 is 2.13 bits per heavy atom. The van der Waals surface area contributed by atoms with Gasteiger partial charge in [-0.2, -0.15) is 4.98 Å². The molecule has 4 N–H and O–H groups in total. The summed E-state index contributed by atoms with van der Waals surface area (Å²) in [6, 6.07) is 1.51. The third kappa shape index (κ3) is 3.92. The number of H-pyrrole nitrogens is 1. The van der Waals surface area contributed by atoms with Gasteiger partial charge in [0.2, 0.25) is 0 Å². The van der Waals surface area contributed by atoms with Gasteiger partial charge in [-0.05, 0) is 13.0 Å². The molecule has 3 atom stereocenters. The van der Waals surface area contributed by atoms with Crippen LogP contribution in [0.2, 0.25) is 0 Å². The predicted octanol–water partition coefficient (Wildman–Crippen LogP) is -2.03. The number of nitrogens with one attached hydrogen (secondary N) is 1. The van der Waals surface area contributed by atoms with Crippen LogP contribution in [0.5, 0.6) is 0 Å². The molecule has 1 fully saturated rings. The first-order valence-electron chi connectivity index (χ1n) is 9.17. The number of nitrogens with zero attached hydrogens (tertiary/aromatic N) is 6. The molecule has 3 aromatic heterocycles. The van der Waals surface area contributed by atoms with E-state index in [1.807, 2.05) is 0 Å². The number of nitrogen functional groups attached to an aromatic ring is 1. The molecule has 158 valence electrons. The van der Waals surface area contributed by atoms with Crippen LogP contribution in [-0.2, 0) is 17.8 Å². The molecular weight excluding hydrogens is 396 g/mol. The molecular formula is C17H20N8O5. The van der Waals surface area contributed by atoms with Gasteiger partial charge in [-0.1, -0.05) is 5.21 Å². The number of aromatic nitrogens is 7. The molecule has 13 nitrogen and oxygen atoms in total. The van der Waals surface area contributed by atoms with E-state index in [9.17, 15) is 19.5 Å². The average Bonchev–Trinajstić information content (AvgIpc) is 3.27. The molecule has 0 saturated carbocycles. The third-order valence-electron chi connectivity index (χ3n) is 4.84. The average molecular weight is 416 g/mol. The van der Waals surface area contributed by atoms with Crippen molar-refractivity contribution in [1.29, 1.82) is 0 Å². The maximum absolute atomic E-state index is 12.1. The number of hydrogen-bond acceptors (Lipinski definition) is 9. The molecule has 4 rings (SSSR count). The standard InChI is InChI=1S/C17H20N8O5/c1-9-5-25(17(29)20-15(9)27)14-4-11(26)12(30-14)8-24-7-10(21-22-24)6-23-3-2-13(18)19-16(23)28/h2-3,5,7,11-12,14,26H,4,6,8H2,1H3,(H2,18,19,28)(H,20,27,29). The quantitative estimate of drug-likeness (QED) is 0.423. The Morgan fingerprint density at radius 3 is 2.90 bits per heavy atom. The van der Waals surface area contributed by atoms with E-state index in [0.29, 0.717) is 11.3 Å². The number of anilines is 1. The van der Waals surface area contributed by atoms with Crippen LogP contribution in [0, 0.1) is 6.92 Å². The number of ether oxygens (including phenoxy) is 1. The monoisotopic (exact) mass is 416 g/mol. The molecule has 0 radical (unpaired) electrons. The van der Waals surface area contributed by atoms with Gasteiger partial charge in [0, 0.05) is 24.4 Å².